The largest absolute Gasteiger partial charge is 0.381 e. The Morgan fingerprint density at radius 1 is 1.36 bits per heavy atom. The van der Waals surface area contributed by atoms with Crippen LogP contribution in [0, 0.1) is 5.92 Å². The molecule has 0 radical (unpaired) electrons. The van der Waals surface area contributed by atoms with Crippen molar-refractivity contribution in [3.8, 4) is 0 Å². The van der Waals surface area contributed by atoms with Gasteiger partial charge in [0.2, 0.25) is 0 Å². The fourth-order valence-electron chi connectivity index (χ4n) is 1.60. The molecule has 0 aromatic rings. The summed E-state index contributed by atoms with van der Waals surface area (Å²) in [5, 5.41) is 3.21. The molecule has 2 heteroatoms. The number of hydrogen-bond donors (Lipinski definition) is 1. The van der Waals surface area contributed by atoms with Crippen LogP contribution in [-0.4, -0.2) is 26.8 Å². The number of hydrogen-bond acceptors (Lipinski definition) is 2. The molecule has 0 spiro atoms. The van der Waals surface area contributed by atoms with Gasteiger partial charge in [-0.05, 0) is 32.4 Å². The summed E-state index contributed by atoms with van der Waals surface area (Å²) in [6.45, 7) is 3.04. The summed E-state index contributed by atoms with van der Waals surface area (Å²) in [4.78, 5) is 0. The molecular weight excluding hydrogens is 138 g/mol. The summed E-state index contributed by atoms with van der Waals surface area (Å²) in [5.74, 6) is 0.750. The average molecular weight is 157 g/mol. The topological polar surface area (TPSA) is 21.3 Å². The molecular formula is C9H19NO. The molecule has 1 rings (SSSR count). The van der Waals surface area contributed by atoms with E-state index in [2.05, 4.69) is 5.32 Å². The van der Waals surface area contributed by atoms with Crippen molar-refractivity contribution in [2.75, 3.05) is 26.8 Å². The van der Waals surface area contributed by atoms with E-state index < -0.39 is 0 Å². The molecule has 1 fully saturated rings. The van der Waals surface area contributed by atoms with E-state index in [9.17, 15) is 0 Å². The highest BCUT2D eigenvalue weighted by atomic mass is 16.5. The molecule has 0 aliphatic carbocycles. The molecule has 1 saturated heterocycles. The van der Waals surface area contributed by atoms with Crippen molar-refractivity contribution >= 4 is 0 Å². The first-order valence-electron chi connectivity index (χ1n) is 4.66. The molecule has 0 bridgehead atoms. The van der Waals surface area contributed by atoms with Gasteiger partial charge in [-0.3, -0.25) is 0 Å². The molecule has 66 valence electrons. The van der Waals surface area contributed by atoms with Crippen molar-refractivity contribution in [3.63, 3.8) is 0 Å². The van der Waals surface area contributed by atoms with Gasteiger partial charge in [0.1, 0.15) is 0 Å². The van der Waals surface area contributed by atoms with Crippen LogP contribution in [0.4, 0.5) is 0 Å². The Hall–Kier alpha value is -0.0800. The highest BCUT2D eigenvalue weighted by Gasteiger charge is 2.09. The molecule has 0 aromatic carbocycles. The van der Waals surface area contributed by atoms with Crippen LogP contribution in [0.5, 0.6) is 0 Å². The van der Waals surface area contributed by atoms with Gasteiger partial charge in [-0.25, -0.2) is 0 Å². The Labute approximate surface area is 69.3 Å². The van der Waals surface area contributed by atoms with E-state index in [4.69, 9.17) is 4.74 Å². The lowest BCUT2D eigenvalue weighted by molar-refractivity contribution is 0.0812. The van der Waals surface area contributed by atoms with Gasteiger partial charge >= 0.3 is 0 Å². The minimum absolute atomic E-state index is 0.750. The van der Waals surface area contributed by atoms with Gasteiger partial charge in [-0.2, -0.15) is 0 Å². The molecule has 1 aliphatic heterocycles. The van der Waals surface area contributed by atoms with E-state index in [1.165, 1.54) is 25.7 Å². The Bertz CT molecular complexity index is 87.6. The predicted octanol–water partition coefficient (Wildman–Crippen LogP) is 1.41. The maximum atomic E-state index is 5.50. The van der Waals surface area contributed by atoms with E-state index in [-0.39, 0.29) is 0 Å². The van der Waals surface area contributed by atoms with Gasteiger partial charge in [-0.15, -0.1) is 0 Å². The zero-order valence-corrected chi connectivity index (χ0v) is 7.44. The molecule has 0 saturated carbocycles. The normalized spacial score (nSPS) is 27.5. The molecule has 1 aliphatic rings. The quantitative estimate of drug-likeness (QED) is 0.654. The molecule has 1 atom stereocenters. The van der Waals surface area contributed by atoms with Gasteiger partial charge in [0.15, 0.2) is 0 Å². The lowest BCUT2D eigenvalue weighted by Gasteiger charge is -2.19. The van der Waals surface area contributed by atoms with Crippen LogP contribution >= 0.6 is 0 Å². The number of rotatable bonds is 2. The minimum Gasteiger partial charge on any atom is -0.381 e. The van der Waals surface area contributed by atoms with Crippen molar-refractivity contribution in [3.05, 3.63) is 0 Å². The summed E-state index contributed by atoms with van der Waals surface area (Å²) in [7, 11) is 2.01. The van der Waals surface area contributed by atoms with Crippen molar-refractivity contribution in [2.45, 2.75) is 25.7 Å². The smallest absolute Gasteiger partial charge is 0.0506 e. The maximum absolute atomic E-state index is 5.50. The summed E-state index contributed by atoms with van der Waals surface area (Å²) >= 11 is 0. The van der Waals surface area contributed by atoms with Crippen molar-refractivity contribution in [1.29, 1.82) is 0 Å². The maximum Gasteiger partial charge on any atom is 0.0506 e. The Morgan fingerprint density at radius 3 is 3.09 bits per heavy atom. The first kappa shape index (κ1) is 9.01. The Kier molecular flexibility index (Phi) is 4.55. The third-order valence-electron chi connectivity index (χ3n) is 2.25. The first-order chi connectivity index (χ1) is 5.43. The van der Waals surface area contributed by atoms with E-state index in [0.29, 0.717) is 0 Å². The molecule has 0 aromatic heterocycles. The monoisotopic (exact) mass is 157 g/mol. The van der Waals surface area contributed by atoms with Crippen LogP contribution in [0.15, 0.2) is 0 Å². The van der Waals surface area contributed by atoms with Gasteiger partial charge < -0.3 is 10.1 Å². The minimum atomic E-state index is 0.750. The molecule has 1 unspecified atom stereocenters. The van der Waals surface area contributed by atoms with Gasteiger partial charge in [0, 0.05) is 6.61 Å². The SMILES string of the molecule is CNCC1CCCCCOC1. The van der Waals surface area contributed by atoms with Crippen LogP contribution in [0.1, 0.15) is 25.7 Å². The second kappa shape index (κ2) is 5.56. The summed E-state index contributed by atoms with van der Waals surface area (Å²) in [6, 6.07) is 0. The summed E-state index contributed by atoms with van der Waals surface area (Å²) in [6.07, 6.45) is 5.32. The van der Waals surface area contributed by atoms with E-state index in [1.54, 1.807) is 0 Å². The summed E-state index contributed by atoms with van der Waals surface area (Å²) < 4.78 is 5.50. The standard InChI is InChI=1S/C9H19NO/c1-10-7-9-5-3-2-4-6-11-8-9/h9-10H,2-8H2,1H3. The van der Waals surface area contributed by atoms with Crippen LogP contribution in [0.25, 0.3) is 0 Å². The van der Waals surface area contributed by atoms with Crippen LogP contribution < -0.4 is 5.32 Å². The fraction of sp³-hybridized carbons (Fsp3) is 1.00. The van der Waals surface area contributed by atoms with Gasteiger partial charge in [-0.1, -0.05) is 12.8 Å². The molecule has 11 heavy (non-hydrogen) atoms. The first-order valence-corrected chi connectivity index (χ1v) is 4.66. The Balaban J connectivity index is 2.15. The zero-order chi connectivity index (χ0) is 7.94. The van der Waals surface area contributed by atoms with Crippen LogP contribution in [0.3, 0.4) is 0 Å². The molecule has 1 heterocycles. The van der Waals surface area contributed by atoms with E-state index >= 15 is 0 Å². The van der Waals surface area contributed by atoms with Crippen LogP contribution in [0.2, 0.25) is 0 Å². The molecule has 0 amide bonds. The second-order valence-electron chi connectivity index (χ2n) is 3.35. The highest BCUT2D eigenvalue weighted by molar-refractivity contribution is 4.62. The van der Waals surface area contributed by atoms with E-state index in [1.807, 2.05) is 7.05 Å². The van der Waals surface area contributed by atoms with Gasteiger partial charge in [0.05, 0.1) is 6.61 Å². The third-order valence-corrected chi connectivity index (χ3v) is 2.25. The third kappa shape index (κ3) is 3.73. The molecule has 1 N–H and O–H groups in total. The van der Waals surface area contributed by atoms with Crippen molar-refractivity contribution in [2.24, 2.45) is 5.92 Å². The Morgan fingerprint density at radius 2 is 2.27 bits per heavy atom. The van der Waals surface area contributed by atoms with Crippen molar-refractivity contribution in [1.82, 2.24) is 5.32 Å². The second-order valence-corrected chi connectivity index (χ2v) is 3.35. The van der Waals surface area contributed by atoms with Gasteiger partial charge in [0.25, 0.3) is 0 Å². The van der Waals surface area contributed by atoms with Crippen molar-refractivity contribution < 1.29 is 4.74 Å². The number of nitrogens with one attached hydrogen (secondary N) is 1. The molecule has 2 nitrogen and oxygen atoms in total. The fourth-order valence-corrected chi connectivity index (χ4v) is 1.60. The van der Waals surface area contributed by atoms with Crippen LogP contribution in [-0.2, 0) is 4.74 Å². The highest BCUT2D eigenvalue weighted by Crippen LogP contribution is 2.13. The predicted molar refractivity (Wildman–Crippen MR) is 46.7 cm³/mol. The summed E-state index contributed by atoms with van der Waals surface area (Å²) in [5.41, 5.74) is 0. The lowest BCUT2D eigenvalue weighted by atomic mass is 10.0. The number of ether oxygens (including phenoxy) is 1. The lowest BCUT2D eigenvalue weighted by Crippen LogP contribution is -2.24. The van der Waals surface area contributed by atoms with E-state index in [0.717, 1.165) is 25.7 Å². The average Bonchev–Trinajstić information content (AvgIpc) is 1.94. The zero-order valence-electron chi connectivity index (χ0n) is 7.44.